The molecular weight excluding hydrogens is 381 g/mol. The van der Waals surface area contributed by atoms with Crippen molar-refractivity contribution in [3.8, 4) is 0 Å². The molecule has 0 aromatic carbocycles. The van der Waals surface area contributed by atoms with Gasteiger partial charge in [-0.15, -0.1) is 11.3 Å². The van der Waals surface area contributed by atoms with Crippen molar-refractivity contribution in [3.05, 3.63) is 19.4 Å². The largest absolute Gasteiger partial charge is 0.396 e. The highest BCUT2D eigenvalue weighted by molar-refractivity contribution is 14.1. The molecular formula is C16H24INOS. The van der Waals surface area contributed by atoms with Crippen LogP contribution in [0.3, 0.4) is 0 Å². The van der Waals surface area contributed by atoms with Crippen LogP contribution in [0.1, 0.15) is 55.0 Å². The van der Waals surface area contributed by atoms with Gasteiger partial charge >= 0.3 is 0 Å². The molecule has 1 aromatic rings. The van der Waals surface area contributed by atoms with Crippen LogP contribution >= 0.6 is 33.9 Å². The van der Waals surface area contributed by atoms with Gasteiger partial charge in [-0.05, 0) is 84.7 Å². The molecule has 1 heterocycles. The summed E-state index contributed by atoms with van der Waals surface area (Å²) in [7, 11) is 0. The first-order chi connectivity index (χ1) is 9.78. The van der Waals surface area contributed by atoms with E-state index >= 15 is 0 Å². The molecule has 20 heavy (non-hydrogen) atoms. The fraction of sp³-hybridized carbons (Fsp3) is 0.750. The van der Waals surface area contributed by atoms with E-state index in [0.717, 1.165) is 6.54 Å². The van der Waals surface area contributed by atoms with Crippen LogP contribution in [0, 0.1) is 14.7 Å². The average molecular weight is 405 g/mol. The molecule has 2 aliphatic rings. The molecule has 2 nitrogen and oxygen atoms in total. The third-order valence-corrected chi connectivity index (χ3v) is 6.98. The summed E-state index contributed by atoms with van der Waals surface area (Å²) in [5.41, 5.74) is 1.56. The number of nitrogens with one attached hydrogen (secondary N) is 1. The summed E-state index contributed by atoms with van der Waals surface area (Å²) < 4.78 is 1.42. The van der Waals surface area contributed by atoms with Crippen LogP contribution in [0.2, 0.25) is 0 Å². The second-order valence-electron chi connectivity index (χ2n) is 6.27. The van der Waals surface area contributed by atoms with Crippen LogP contribution in [0.25, 0.3) is 0 Å². The summed E-state index contributed by atoms with van der Waals surface area (Å²) >= 11 is 4.42. The zero-order valence-electron chi connectivity index (χ0n) is 11.9. The van der Waals surface area contributed by atoms with Gasteiger partial charge in [0.15, 0.2) is 0 Å². The molecule has 3 rings (SSSR count). The number of aryl methyl sites for hydroxylation is 1. The molecule has 2 N–H and O–H groups in total. The standard InChI is InChI=1S/C16H24INOS/c17-16-8-13-14(6-3-7-15(13)20-16)18-9-11-4-1-2-5-12(11)10-19/h8,11-12,14,18-19H,1-7,9-10H2. The van der Waals surface area contributed by atoms with Gasteiger partial charge < -0.3 is 10.4 Å². The Hall–Kier alpha value is 0.350. The van der Waals surface area contributed by atoms with Crippen LogP contribution in [0.4, 0.5) is 0 Å². The van der Waals surface area contributed by atoms with Gasteiger partial charge in [-0.3, -0.25) is 0 Å². The summed E-state index contributed by atoms with van der Waals surface area (Å²) in [5, 5.41) is 13.3. The minimum atomic E-state index is 0.374. The van der Waals surface area contributed by atoms with Gasteiger partial charge in [0.2, 0.25) is 0 Å². The van der Waals surface area contributed by atoms with Gasteiger partial charge in [-0.1, -0.05) is 12.8 Å². The molecule has 1 aromatic heterocycles. The molecule has 0 radical (unpaired) electrons. The van der Waals surface area contributed by atoms with E-state index in [1.165, 1.54) is 47.8 Å². The number of hydrogen-bond donors (Lipinski definition) is 2. The molecule has 4 heteroatoms. The topological polar surface area (TPSA) is 32.3 Å². The van der Waals surface area contributed by atoms with Gasteiger partial charge in [0, 0.05) is 17.5 Å². The Morgan fingerprint density at radius 1 is 1.20 bits per heavy atom. The summed E-state index contributed by atoms with van der Waals surface area (Å²) in [4.78, 5) is 1.60. The predicted octanol–water partition coefficient (Wildman–Crippen LogP) is 4.12. The van der Waals surface area contributed by atoms with E-state index in [-0.39, 0.29) is 0 Å². The summed E-state index contributed by atoms with van der Waals surface area (Å²) in [6.07, 6.45) is 9.01. The normalized spacial score (nSPS) is 30.2. The molecule has 0 saturated heterocycles. The van der Waals surface area contributed by atoms with Gasteiger partial charge in [0.25, 0.3) is 0 Å². The van der Waals surface area contributed by atoms with E-state index in [9.17, 15) is 5.11 Å². The van der Waals surface area contributed by atoms with Gasteiger partial charge in [-0.2, -0.15) is 0 Å². The van der Waals surface area contributed by atoms with Crippen LogP contribution in [0.15, 0.2) is 6.07 Å². The van der Waals surface area contributed by atoms with Crippen molar-refractivity contribution in [2.45, 2.75) is 51.0 Å². The van der Waals surface area contributed by atoms with Crippen LogP contribution in [-0.4, -0.2) is 18.3 Å². The van der Waals surface area contributed by atoms with E-state index in [0.29, 0.717) is 24.5 Å². The van der Waals surface area contributed by atoms with E-state index in [1.807, 2.05) is 11.3 Å². The Balaban J connectivity index is 1.61. The van der Waals surface area contributed by atoms with E-state index in [1.54, 1.807) is 10.4 Å². The number of aliphatic hydroxyl groups excluding tert-OH is 1. The van der Waals surface area contributed by atoms with Crippen LogP contribution < -0.4 is 5.32 Å². The summed E-state index contributed by atoms with van der Waals surface area (Å²) in [6.45, 7) is 1.46. The number of fused-ring (bicyclic) bond motifs is 1. The molecule has 0 spiro atoms. The molecule has 112 valence electrons. The molecule has 3 unspecified atom stereocenters. The zero-order chi connectivity index (χ0) is 13.9. The minimum Gasteiger partial charge on any atom is -0.396 e. The smallest absolute Gasteiger partial charge is 0.0659 e. The lowest BCUT2D eigenvalue weighted by molar-refractivity contribution is 0.130. The SMILES string of the molecule is OCC1CCCCC1CNC1CCCc2sc(I)cc21. The number of thiophene rings is 1. The summed E-state index contributed by atoms with van der Waals surface area (Å²) in [5.74, 6) is 1.21. The fourth-order valence-electron chi connectivity index (χ4n) is 3.82. The van der Waals surface area contributed by atoms with E-state index in [4.69, 9.17) is 0 Å². The highest BCUT2D eigenvalue weighted by Crippen LogP contribution is 2.37. The van der Waals surface area contributed by atoms with Crippen molar-refractivity contribution < 1.29 is 5.11 Å². The first kappa shape index (κ1) is 15.3. The molecule has 0 aliphatic heterocycles. The second-order valence-corrected chi connectivity index (χ2v) is 9.30. The van der Waals surface area contributed by atoms with Gasteiger partial charge in [-0.25, -0.2) is 0 Å². The predicted molar refractivity (Wildman–Crippen MR) is 93.3 cm³/mol. The van der Waals surface area contributed by atoms with Crippen molar-refractivity contribution >= 4 is 33.9 Å². The Morgan fingerprint density at radius 2 is 2.00 bits per heavy atom. The first-order valence-electron chi connectivity index (χ1n) is 7.90. The molecule has 2 aliphatic carbocycles. The second kappa shape index (κ2) is 7.07. The third-order valence-electron chi connectivity index (χ3n) is 5.01. The van der Waals surface area contributed by atoms with E-state index < -0.39 is 0 Å². The fourth-order valence-corrected chi connectivity index (χ4v) is 5.94. The first-order valence-corrected chi connectivity index (χ1v) is 9.80. The van der Waals surface area contributed by atoms with Gasteiger partial charge in [0.1, 0.15) is 0 Å². The monoisotopic (exact) mass is 405 g/mol. The lowest BCUT2D eigenvalue weighted by Crippen LogP contribution is -2.35. The van der Waals surface area contributed by atoms with Crippen molar-refractivity contribution in [1.82, 2.24) is 5.32 Å². The maximum Gasteiger partial charge on any atom is 0.0659 e. The zero-order valence-corrected chi connectivity index (χ0v) is 14.9. The Kier molecular flexibility index (Phi) is 5.39. The van der Waals surface area contributed by atoms with Crippen LogP contribution in [0.5, 0.6) is 0 Å². The Bertz CT molecular complexity index is 448. The Morgan fingerprint density at radius 3 is 2.80 bits per heavy atom. The highest BCUT2D eigenvalue weighted by atomic mass is 127. The van der Waals surface area contributed by atoms with Crippen molar-refractivity contribution in [2.24, 2.45) is 11.8 Å². The lowest BCUT2D eigenvalue weighted by atomic mass is 9.79. The van der Waals surface area contributed by atoms with E-state index in [2.05, 4.69) is 34.0 Å². The summed E-state index contributed by atoms with van der Waals surface area (Å²) in [6, 6.07) is 2.93. The van der Waals surface area contributed by atoms with Crippen molar-refractivity contribution in [2.75, 3.05) is 13.2 Å². The molecule has 1 saturated carbocycles. The quantitative estimate of drug-likeness (QED) is 0.739. The maximum absolute atomic E-state index is 9.53. The molecule has 0 bridgehead atoms. The third kappa shape index (κ3) is 3.39. The molecule has 1 fully saturated rings. The van der Waals surface area contributed by atoms with Crippen LogP contribution in [-0.2, 0) is 6.42 Å². The van der Waals surface area contributed by atoms with Gasteiger partial charge in [0.05, 0.1) is 2.88 Å². The van der Waals surface area contributed by atoms with Crippen molar-refractivity contribution in [3.63, 3.8) is 0 Å². The lowest BCUT2D eigenvalue weighted by Gasteiger charge is -2.33. The maximum atomic E-state index is 9.53. The Labute approximate surface area is 139 Å². The number of halogens is 1. The minimum absolute atomic E-state index is 0.374. The highest BCUT2D eigenvalue weighted by Gasteiger charge is 2.27. The molecule has 3 atom stereocenters. The number of rotatable bonds is 4. The average Bonchev–Trinajstić information content (AvgIpc) is 2.86. The number of hydrogen-bond acceptors (Lipinski definition) is 3. The molecule has 0 amide bonds. The number of aliphatic hydroxyl groups is 1. The van der Waals surface area contributed by atoms with Crippen molar-refractivity contribution in [1.29, 1.82) is 0 Å².